The van der Waals surface area contributed by atoms with Crippen LogP contribution in [-0.4, -0.2) is 24.5 Å². The Labute approximate surface area is 100 Å². The Morgan fingerprint density at radius 1 is 1.47 bits per heavy atom. The van der Waals surface area contributed by atoms with E-state index in [2.05, 4.69) is 0 Å². The number of carboxylic acid groups (broad SMARTS) is 1. The molecule has 0 heterocycles. The SMILES string of the molecule is Cc1c(OCOCC2CC2)cccc1C(=O)O. The van der Waals surface area contributed by atoms with Crippen molar-refractivity contribution in [3.63, 3.8) is 0 Å². The highest BCUT2D eigenvalue weighted by Crippen LogP contribution is 2.29. The minimum absolute atomic E-state index is 0.181. The average molecular weight is 236 g/mol. The van der Waals surface area contributed by atoms with E-state index in [1.165, 1.54) is 12.8 Å². The van der Waals surface area contributed by atoms with Crippen molar-refractivity contribution in [1.82, 2.24) is 0 Å². The van der Waals surface area contributed by atoms with Gasteiger partial charge in [-0.15, -0.1) is 0 Å². The van der Waals surface area contributed by atoms with E-state index >= 15 is 0 Å². The summed E-state index contributed by atoms with van der Waals surface area (Å²) in [7, 11) is 0. The fourth-order valence-corrected chi connectivity index (χ4v) is 1.61. The third-order valence-corrected chi connectivity index (χ3v) is 2.86. The summed E-state index contributed by atoms with van der Waals surface area (Å²) in [4.78, 5) is 10.9. The van der Waals surface area contributed by atoms with Gasteiger partial charge in [-0.3, -0.25) is 0 Å². The van der Waals surface area contributed by atoms with Gasteiger partial charge in [0.15, 0.2) is 6.79 Å². The molecule has 0 spiro atoms. The summed E-state index contributed by atoms with van der Waals surface area (Å²) in [5.41, 5.74) is 0.903. The van der Waals surface area contributed by atoms with Crippen LogP contribution < -0.4 is 4.74 Å². The largest absolute Gasteiger partial charge is 0.478 e. The van der Waals surface area contributed by atoms with E-state index in [4.69, 9.17) is 14.6 Å². The van der Waals surface area contributed by atoms with Gasteiger partial charge in [-0.05, 0) is 37.8 Å². The maximum absolute atomic E-state index is 10.9. The number of carbonyl (C=O) groups is 1. The van der Waals surface area contributed by atoms with Gasteiger partial charge in [0.2, 0.25) is 0 Å². The summed E-state index contributed by atoms with van der Waals surface area (Å²) >= 11 is 0. The minimum Gasteiger partial charge on any atom is -0.478 e. The highest BCUT2D eigenvalue weighted by atomic mass is 16.7. The maximum Gasteiger partial charge on any atom is 0.336 e. The number of hydrogen-bond acceptors (Lipinski definition) is 3. The summed E-state index contributed by atoms with van der Waals surface area (Å²) in [6.45, 7) is 2.65. The van der Waals surface area contributed by atoms with Gasteiger partial charge in [0.25, 0.3) is 0 Å². The van der Waals surface area contributed by atoms with Crippen molar-refractivity contribution >= 4 is 5.97 Å². The van der Waals surface area contributed by atoms with E-state index < -0.39 is 5.97 Å². The summed E-state index contributed by atoms with van der Waals surface area (Å²) < 4.78 is 10.8. The molecule has 2 rings (SSSR count). The van der Waals surface area contributed by atoms with Gasteiger partial charge in [-0.1, -0.05) is 6.07 Å². The van der Waals surface area contributed by atoms with Gasteiger partial charge in [-0.2, -0.15) is 0 Å². The first-order chi connectivity index (χ1) is 8.18. The van der Waals surface area contributed by atoms with Crippen molar-refractivity contribution < 1.29 is 19.4 Å². The van der Waals surface area contributed by atoms with E-state index in [0.29, 0.717) is 17.2 Å². The molecule has 4 heteroatoms. The lowest BCUT2D eigenvalue weighted by Crippen LogP contribution is -2.07. The third kappa shape index (κ3) is 3.20. The molecule has 0 unspecified atom stereocenters. The van der Waals surface area contributed by atoms with Crippen LogP contribution >= 0.6 is 0 Å². The number of rotatable bonds is 6. The van der Waals surface area contributed by atoms with Crippen LogP contribution in [0.3, 0.4) is 0 Å². The first-order valence-electron chi connectivity index (χ1n) is 5.72. The lowest BCUT2D eigenvalue weighted by atomic mass is 10.1. The van der Waals surface area contributed by atoms with Crippen molar-refractivity contribution in [1.29, 1.82) is 0 Å². The summed E-state index contributed by atoms with van der Waals surface area (Å²) in [5, 5.41) is 8.96. The zero-order valence-corrected chi connectivity index (χ0v) is 9.81. The fourth-order valence-electron chi connectivity index (χ4n) is 1.61. The molecule has 0 aromatic heterocycles. The summed E-state index contributed by atoms with van der Waals surface area (Å²) in [6.07, 6.45) is 2.49. The van der Waals surface area contributed by atoms with Crippen molar-refractivity contribution in [2.75, 3.05) is 13.4 Å². The second kappa shape index (κ2) is 5.19. The predicted octanol–water partition coefficient (Wildman–Crippen LogP) is 2.46. The van der Waals surface area contributed by atoms with E-state index in [0.717, 1.165) is 6.61 Å². The first-order valence-corrected chi connectivity index (χ1v) is 5.72. The van der Waals surface area contributed by atoms with Crippen LogP contribution in [0, 0.1) is 12.8 Å². The second-order valence-electron chi connectivity index (χ2n) is 4.31. The lowest BCUT2D eigenvalue weighted by molar-refractivity contribution is 0.00950. The number of hydrogen-bond donors (Lipinski definition) is 1. The highest BCUT2D eigenvalue weighted by Gasteiger charge is 2.21. The molecule has 4 nitrogen and oxygen atoms in total. The Morgan fingerprint density at radius 2 is 2.24 bits per heavy atom. The number of benzene rings is 1. The molecule has 1 aromatic carbocycles. The molecule has 1 saturated carbocycles. The smallest absolute Gasteiger partial charge is 0.336 e. The molecular formula is C13H16O4. The van der Waals surface area contributed by atoms with E-state index in [1.807, 2.05) is 0 Å². The topological polar surface area (TPSA) is 55.8 Å². The van der Waals surface area contributed by atoms with Crippen LogP contribution in [0.5, 0.6) is 5.75 Å². The van der Waals surface area contributed by atoms with Gasteiger partial charge in [0, 0.05) is 5.56 Å². The Balaban J connectivity index is 1.90. The molecule has 0 bridgehead atoms. The van der Waals surface area contributed by atoms with Crippen LogP contribution in [0.25, 0.3) is 0 Å². The highest BCUT2D eigenvalue weighted by molar-refractivity contribution is 5.90. The molecule has 0 saturated heterocycles. The molecule has 92 valence electrons. The molecule has 0 amide bonds. The normalized spacial score (nSPS) is 14.6. The van der Waals surface area contributed by atoms with Crippen LogP contribution in [0.4, 0.5) is 0 Å². The van der Waals surface area contributed by atoms with Crippen LogP contribution in [0.15, 0.2) is 18.2 Å². The molecular weight excluding hydrogens is 220 g/mol. The van der Waals surface area contributed by atoms with E-state index in [9.17, 15) is 4.79 Å². The standard InChI is InChI=1S/C13H16O4/c1-9-11(13(14)15)3-2-4-12(9)17-8-16-7-10-5-6-10/h2-4,10H,5-8H2,1H3,(H,14,15). The molecule has 17 heavy (non-hydrogen) atoms. The molecule has 1 aliphatic rings. The Bertz CT molecular complexity index is 410. The maximum atomic E-state index is 10.9. The van der Waals surface area contributed by atoms with Crippen LogP contribution in [-0.2, 0) is 4.74 Å². The minimum atomic E-state index is -0.938. The monoisotopic (exact) mass is 236 g/mol. The number of aromatic carboxylic acids is 1. The molecule has 1 fully saturated rings. The van der Waals surface area contributed by atoms with Gasteiger partial charge in [-0.25, -0.2) is 4.79 Å². The van der Waals surface area contributed by atoms with E-state index in [-0.39, 0.29) is 12.4 Å². The first kappa shape index (κ1) is 11.9. The van der Waals surface area contributed by atoms with Gasteiger partial charge >= 0.3 is 5.97 Å². The number of ether oxygens (including phenoxy) is 2. The molecule has 0 radical (unpaired) electrons. The summed E-state index contributed by atoms with van der Waals surface area (Å²) in [6, 6.07) is 4.99. The second-order valence-corrected chi connectivity index (χ2v) is 4.31. The number of carboxylic acids is 1. The summed E-state index contributed by atoms with van der Waals surface area (Å²) in [5.74, 6) is 0.331. The molecule has 1 N–H and O–H groups in total. The third-order valence-electron chi connectivity index (χ3n) is 2.86. The quantitative estimate of drug-likeness (QED) is 0.609. The predicted molar refractivity (Wildman–Crippen MR) is 62.3 cm³/mol. The van der Waals surface area contributed by atoms with Gasteiger partial charge in [0.05, 0.1) is 12.2 Å². The van der Waals surface area contributed by atoms with Crippen molar-refractivity contribution in [2.24, 2.45) is 5.92 Å². The van der Waals surface area contributed by atoms with E-state index in [1.54, 1.807) is 25.1 Å². The lowest BCUT2D eigenvalue weighted by Gasteiger charge is -2.10. The van der Waals surface area contributed by atoms with Crippen LogP contribution in [0.1, 0.15) is 28.8 Å². The van der Waals surface area contributed by atoms with Crippen LogP contribution in [0.2, 0.25) is 0 Å². The Morgan fingerprint density at radius 3 is 2.88 bits per heavy atom. The Hall–Kier alpha value is -1.55. The van der Waals surface area contributed by atoms with Crippen molar-refractivity contribution in [3.8, 4) is 5.75 Å². The molecule has 0 atom stereocenters. The molecule has 1 aromatic rings. The fraction of sp³-hybridized carbons (Fsp3) is 0.462. The van der Waals surface area contributed by atoms with Crippen molar-refractivity contribution in [2.45, 2.75) is 19.8 Å². The zero-order chi connectivity index (χ0) is 12.3. The van der Waals surface area contributed by atoms with Gasteiger partial charge < -0.3 is 14.6 Å². The zero-order valence-electron chi connectivity index (χ0n) is 9.81. The Kier molecular flexibility index (Phi) is 3.64. The average Bonchev–Trinajstić information content (AvgIpc) is 3.10. The van der Waals surface area contributed by atoms with Gasteiger partial charge in [0.1, 0.15) is 5.75 Å². The molecule has 1 aliphatic carbocycles. The van der Waals surface area contributed by atoms with Crippen molar-refractivity contribution in [3.05, 3.63) is 29.3 Å². The molecule has 0 aliphatic heterocycles.